The molecule has 0 aliphatic heterocycles. The van der Waals surface area contributed by atoms with Crippen molar-refractivity contribution >= 4 is 23.2 Å². The first-order valence-corrected chi connectivity index (χ1v) is 10.4. The van der Waals surface area contributed by atoms with Crippen molar-refractivity contribution < 1.29 is 9.47 Å². The van der Waals surface area contributed by atoms with E-state index in [9.17, 15) is 0 Å². The Morgan fingerprint density at radius 3 is 2.62 bits per heavy atom. The number of aromatic nitrogens is 3. The molecule has 0 aliphatic carbocycles. The number of ether oxygens (including phenoxy) is 2. The predicted octanol–water partition coefficient (Wildman–Crippen LogP) is 5.51. The molecule has 160 valence electrons. The highest BCUT2D eigenvalue weighted by molar-refractivity contribution is 5.82. The molecule has 0 aliphatic rings. The number of imidazole rings is 1. The van der Waals surface area contributed by atoms with Crippen LogP contribution < -0.4 is 9.47 Å². The Morgan fingerprint density at radius 1 is 1.06 bits per heavy atom. The molecule has 4 aromatic rings. The van der Waals surface area contributed by atoms with Gasteiger partial charge in [0.25, 0.3) is 0 Å². The van der Waals surface area contributed by atoms with Crippen LogP contribution in [0.3, 0.4) is 0 Å². The van der Waals surface area contributed by atoms with Crippen molar-refractivity contribution in [2.75, 3.05) is 13.7 Å². The lowest BCUT2D eigenvalue weighted by Gasteiger charge is -2.14. The van der Waals surface area contributed by atoms with Gasteiger partial charge in [-0.2, -0.15) is 5.26 Å². The molecule has 0 N–H and O–H groups in total. The Balaban J connectivity index is 1.79. The van der Waals surface area contributed by atoms with Crippen LogP contribution >= 0.6 is 0 Å². The fourth-order valence-electron chi connectivity index (χ4n) is 3.38. The number of rotatable bonds is 7. The first-order valence-electron chi connectivity index (χ1n) is 10.4. The lowest BCUT2D eigenvalue weighted by Crippen LogP contribution is -2.06. The number of pyridine rings is 1. The summed E-state index contributed by atoms with van der Waals surface area (Å²) >= 11 is 0. The van der Waals surface area contributed by atoms with Crippen molar-refractivity contribution in [3.05, 3.63) is 77.7 Å². The first kappa shape index (κ1) is 21.1. The molecule has 6 heteroatoms. The summed E-state index contributed by atoms with van der Waals surface area (Å²) < 4.78 is 13.6. The second kappa shape index (κ2) is 9.36. The third-order valence-corrected chi connectivity index (χ3v) is 4.90. The van der Waals surface area contributed by atoms with Gasteiger partial charge in [-0.15, -0.1) is 0 Å². The highest BCUT2D eigenvalue weighted by Gasteiger charge is 2.13. The van der Waals surface area contributed by atoms with Crippen molar-refractivity contribution in [1.82, 2.24) is 14.5 Å². The van der Waals surface area contributed by atoms with Gasteiger partial charge in [0.2, 0.25) is 0 Å². The second-order valence-electron chi connectivity index (χ2n) is 7.73. The Morgan fingerprint density at radius 2 is 1.91 bits per heavy atom. The summed E-state index contributed by atoms with van der Waals surface area (Å²) in [5, 5.41) is 9.10. The van der Waals surface area contributed by atoms with Crippen molar-refractivity contribution in [2.24, 2.45) is 5.92 Å². The standard InChI is InChI=1S/C26H24N4O2/c1-18(2)17-32-26-20(7-6-10-23(26)31-3)12-14-25-29-21-8-4-5-9-22(21)30(25)24-13-11-19(15-27)16-28-24/h4-14,16,18H,17H2,1-3H3. The van der Waals surface area contributed by atoms with E-state index in [1.54, 1.807) is 19.4 Å². The number of hydrogen-bond acceptors (Lipinski definition) is 5. The molecule has 0 atom stereocenters. The van der Waals surface area contributed by atoms with E-state index in [2.05, 4.69) is 24.9 Å². The van der Waals surface area contributed by atoms with Crippen LogP contribution in [-0.2, 0) is 0 Å². The van der Waals surface area contributed by atoms with Gasteiger partial charge >= 0.3 is 0 Å². The van der Waals surface area contributed by atoms with Crippen molar-refractivity contribution in [2.45, 2.75) is 13.8 Å². The monoisotopic (exact) mass is 424 g/mol. The molecule has 2 heterocycles. The number of nitrogens with zero attached hydrogens (tertiary/aromatic N) is 4. The van der Waals surface area contributed by atoms with Crippen LogP contribution in [0.5, 0.6) is 11.5 Å². The smallest absolute Gasteiger partial charge is 0.168 e. The summed E-state index contributed by atoms with van der Waals surface area (Å²) in [6, 6.07) is 19.4. The van der Waals surface area contributed by atoms with Crippen LogP contribution in [0.15, 0.2) is 60.8 Å². The highest BCUT2D eigenvalue weighted by atomic mass is 16.5. The van der Waals surface area contributed by atoms with Gasteiger partial charge in [0.05, 0.1) is 30.3 Å². The molecule has 0 saturated heterocycles. The Labute approximate surface area is 187 Å². The van der Waals surface area contributed by atoms with Crippen molar-refractivity contribution in [3.63, 3.8) is 0 Å². The topological polar surface area (TPSA) is 73.0 Å². The van der Waals surface area contributed by atoms with Gasteiger partial charge in [-0.1, -0.05) is 38.1 Å². The van der Waals surface area contributed by atoms with Gasteiger partial charge in [0, 0.05) is 11.8 Å². The molecule has 0 spiro atoms. The average molecular weight is 425 g/mol. The second-order valence-corrected chi connectivity index (χ2v) is 7.73. The summed E-state index contributed by atoms with van der Waals surface area (Å²) in [7, 11) is 1.64. The lowest BCUT2D eigenvalue weighted by molar-refractivity contribution is 0.256. The lowest BCUT2D eigenvalue weighted by atomic mass is 10.1. The minimum Gasteiger partial charge on any atom is -0.493 e. The number of methoxy groups -OCH3 is 1. The van der Waals surface area contributed by atoms with Crippen molar-refractivity contribution in [1.29, 1.82) is 5.26 Å². The molecular formula is C26H24N4O2. The fraction of sp³-hybridized carbons (Fsp3) is 0.192. The van der Waals surface area contributed by atoms with Gasteiger partial charge in [-0.05, 0) is 48.4 Å². The van der Waals surface area contributed by atoms with Crippen molar-refractivity contribution in [3.8, 4) is 23.4 Å². The van der Waals surface area contributed by atoms with E-state index in [4.69, 9.17) is 19.7 Å². The number of hydrogen-bond donors (Lipinski definition) is 0. The summed E-state index contributed by atoms with van der Waals surface area (Å²) in [4.78, 5) is 9.27. The molecule has 32 heavy (non-hydrogen) atoms. The third kappa shape index (κ3) is 4.33. The molecule has 0 unspecified atom stereocenters. The summed E-state index contributed by atoms with van der Waals surface area (Å²) in [6.45, 7) is 4.81. The minimum absolute atomic E-state index is 0.392. The summed E-state index contributed by atoms with van der Waals surface area (Å²) in [5.74, 6) is 3.21. The highest BCUT2D eigenvalue weighted by Crippen LogP contribution is 2.33. The van der Waals surface area contributed by atoms with E-state index in [0.717, 1.165) is 22.4 Å². The number of benzene rings is 2. The Hall–Kier alpha value is -4.11. The first-order chi connectivity index (χ1) is 15.6. The van der Waals surface area contributed by atoms with Crippen LogP contribution in [0.1, 0.15) is 30.8 Å². The van der Waals surface area contributed by atoms with E-state index >= 15 is 0 Å². The maximum Gasteiger partial charge on any atom is 0.168 e. The van der Waals surface area contributed by atoms with E-state index < -0.39 is 0 Å². The molecule has 6 nitrogen and oxygen atoms in total. The number of fused-ring (bicyclic) bond motifs is 1. The maximum atomic E-state index is 9.10. The molecule has 4 rings (SSSR count). The molecule has 2 aromatic carbocycles. The van der Waals surface area contributed by atoms with Gasteiger partial charge in [-0.3, -0.25) is 4.57 Å². The van der Waals surface area contributed by atoms with Crippen LogP contribution in [-0.4, -0.2) is 28.3 Å². The SMILES string of the molecule is COc1cccc(C=Cc2nc3ccccc3n2-c2ccc(C#N)cn2)c1OCC(C)C. The van der Waals surface area contributed by atoms with Gasteiger partial charge in [-0.25, -0.2) is 9.97 Å². The molecule has 0 radical (unpaired) electrons. The zero-order valence-electron chi connectivity index (χ0n) is 18.3. The number of para-hydroxylation sites is 3. The molecule has 0 saturated carbocycles. The largest absolute Gasteiger partial charge is 0.493 e. The average Bonchev–Trinajstić information content (AvgIpc) is 3.19. The zero-order valence-corrected chi connectivity index (χ0v) is 18.3. The fourth-order valence-corrected chi connectivity index (χ4v) is 3.38. The number of nitriles is 1. The zero-order chi connectivity index (χ0) is 22.5. The third-order valence-electron chi connectivity index (χ3n) is 4.90. The molecule has 0 fully saturated rings. The maximum absolute atomic E-state index is 9.10. The Kier molecular flexibility index (Phi) is 6.18. The van der Waals surface area contributed by atoms with Gasteiger partial charge in [0.1, 0.15) is 17.7 Å². The van der Waals surface area contributed by atoms with Crippen LogP contribution in [0.25, 0.3) is 29.0 Å². The van der Waals surface area contributed by atoms with Crippen LogP contribution in [0, 0.1) is 17.2 Å². The van der Waals surface area contributed by atoms with Gasteiger partial charge in [0.15, 0.2) is 11.5 Å². The summed E-state index contributed by atoms with van der Waals surface area (Å²) in [5.41, 5.74) is 3.21. The normalized spacial score (nSPS) is 11.2. The molecule has 0 bridgehead atoms. The van der Waals surface area contributed by atoms with E-state index in [-0.39, 0.29) is 0 Å². The molecule has 0 amide bonds. The summed E-state index contributed by atoms with van der Waals surface area (Å²) in [6.07, 6.45) is 5.48. The van der Waals surface area contributed by atoms with E-state index in [0.29, 0.717) is 35.4 Å². The molecule has 2 aromatic heterocycles. The van der Waals surface area contributed by atoms with Gasteiger partial charge < -0.3 is 9.47 Å². The van der Waals surface area contributed by atoms with Crippen LogP contribution in [0.4, 0.5) is 0 Å². The molecular weight excluding hydrogens is 400 g/mol. The van der Waals surface area contributed by atoms with E-state index in [1.165, 1.54) is 0 Å². The van der Waals surface area contributed by atoms with E-state index in [1.807, 2.05) is 65.3 Å². The predicted molar refractivity (Wildman–Crippen MR) is 126 cm³/mol. The Bertz CT molecular complexity index is 1300. The quantitative estimate of drug-likeness (QED) is 0.391. The van der Waals surface area contributed by atoms with Crippen LogP contribution in [0.2, 0.25) is 0 Å². The minimum atomic E-state index is 0.392.